The first-order valence-electron chi connectivity index (χ1n) is 5.33. The molecular formula is C12H18ClNO. The lowest BCUT2D eigenvalue weighted by atomic mass is 9.92. The molecule has 1 unspecified atom stereocenters. The van der Waals surface area contributed by atoms with Gasteiger partial charge in [-0.2, -0.15) is 0 Å². The Morgan fingerprint density at radius 1 is 1.27 bits per heavy atom. The van der Waals surface area contributed by atoms with Crippen LogP contribution in [0.5, 0.6) is 5.75 Å². The van der Waals surface area contributed by atoms with Crippen molar-refractivity contribution in [2.24, 2.45) is 5.92 Å². The largest absolute Gasteiger partial charge is 0.508 e. The highest BCUT2D eigenvalue weighted by atomic mass is 35.5. The number of rotatable bonds is 2. The molecule has 0 aromatic heterocycles. The molecule has 3 heteroatoms. The van der Waals surface area contributed by atoms with Crippen LogP contribution in [0.2, 0.25) is 0 Å². The van der Waals surface area contributed by atoms with E-state index in [9.17, 15) is 0 Å². The molecule has 2 N–H and O–H groups in total. The number of benzene rings is 1. The standard InChI is InChI=1S/C12H17NO.ClH/c14-12-5-3-10(4-6-12)8-11-2-1-7-13-9-11;/h3-6,11,13-14H,1-2,7-9H2;1H. The van der Waals surface area contributed by atoms with Crippen LogP contribution in [0.25, 0.3) is 0 Å². The Hall–Kier alpha value is -0.730. The van der Waals surface area contributed by atoms with E-state index < -0.39 is 0 Å². The molecule has 84 valence electrons. The molecule has 2 nitrogen and oxygen atoms in total. The van der Waals surface area contributed by atoms with E-state index in [0.717, 1.165) is 18.9 Å². The van der Waals surface area contributed by atoms with Gasteiger partial charge in [-0.3, -0.25) is 0 Å². The van der Waals surface area contributed by atoms with Gasteiger partial charge in [0, 0.05) is 0 Å². The van der Waals surface area contributed by atoms with Crippen molar-refractivity contribution in [1.29, 1.82) is 0 Å². The van der Waals surface area contributed by atoms with Crippen molar-refractivity contribution in [3.63, 3.8) is 0 Å². The molecule has 15 heavy (non-hydrogen) atoms. The summed E-state index contributed by atoms with van der Waals surface area (Å²) in [7, 11) is 0. The SMILES string of the molecule is Cl.Oc1ccc(CC2CCCNC2)cc1. The van der Waals surface area contributed by atoms with E-state index in [2.05, 4.69) is 5.32 Å². The molecule has 0 radical (unpaired) electrons. The lowest BCUT2D eigenvalue weighted by molar-refractivity contribution is 0.376. The number of aromatic hydroxyl groups is 1. The normalized spacial score (nSPS) is 20.7. The van der Waals surface area contributed by atoms with Gasteiger partial charge in [-0.15, -0.1) is 12.4 Å². The van der Waals surface area contributed by atoms with Crippen molar-refractivity contribution in [3.05, 3.63) is 29.8 Å². The van der Waals surface area contributed by atoms with Gasteiger partial charge >= 0.3 is 0 Å². The van der Waals surface area contributed by atoms with Crippen molar-refractivity contribution < 1.29 is 5.11 Å². The van der Waals surface area contributed by atoms with Crippen molar-refractivity contribution >= 4 is 12.4 Å². The van der Waals surface area contributed by atoms with Crippen molar-refractivity contribution in [2.75, 3.05) is 13.1 Å². The van der Waals surface area contributed by atoms with Gasteiger partial charge in [0.25, 0.3) is 0 Å². The molecule has 0 amide bonds. The van der Waals surface area contributed by atoms with E-state index in [4.69, 9.17) is 5.11 Å². The van der Waals surface area contributed by atoms with Gasteiger partial charge in [0.1, 0.15) is 5.75 Å². The Bertz CT molecular complexity index is 280. The van der Waals surface area contributed by atoms with Crippen LogP contribution in [0.15, 0.2) is 24.3 Å². The van der Waals surface area contributed by atoms with E-state index >= 15 is 0 Å². The first-order valence-corrected chi connectivity index (χ1v) is 5.33. The van der Waals surface area contributed by atoms with Crippen LogP contribution in [-0.4, -0.2) is 18.2 Å². The lowest BCUT2D eigenvalue weighted by Gasteiger charge is -2.22. The third-order valence-corrected chi connectivity index (χ3v) is 2.86. The summed E-state index contributed by atoms with van der Waals surface area (Å²) < 4.78 is 0. The summed E-state index contributed by atoms with van der Waals surface area (Å²) in [6.45, 7) is 2.31. The number of hydrogen-bond donors (Lipinski definition) is 2. The van der Waals surface area contributed by atoms with Crippen molar-refractivity contribution in [3.8, 4) is 5.75 Å². The summed E-state index contributed by atoms with van der Waals surface area (Å²) in [5, 5.41) is 12.6. The Balaban J connectivity index is 0.00000112. The quantitative estimate of drug-likeness (QED) is 0.813. The van der Waals surface area contributed by atoms with Crippen LogP contribution in [0.3, 0.4) is 0 Å². The maximum atomic E-state index is 9.15. The fraction of sp³-hybridized carbons (Fsp3) is 0.500. The number of phenols is 1. The first kappa shape index (κ1) is 12.3. The Labute approximate surface area is 97.1 Å². The summed E-state index contributed by atoms with van der Waals surface area (Å²) in [4.78, 5) is 0. The molecule has 1 heterocycles. The minimum Gasteiger partial charge on any atom is -0.508 e. The van der Waals surface area contributed by atoms with Gasteiger partial charge in [-0.05, 0) is 56.0 Å². The van der Waals surface area contributed by atoms with Crippen LogP contribution in [0, 0.1) is 5.92 Å². The van der Waals surface area contributed by atoms with Crippen molar-refractivity contribution in [2.45, 2.75) is 19.3 Å². The molecule has 1 aliphatic rings. The van der Waals surface area contributed by atoms with Crippen LogP contribution < -0.4 is 5.32 Å². The fourth-order valence-corrected chi connectivity index (χ4v) is 2.06. The zero-order valence-electron chi connectivity index (χ0n) is 8.78. The average Bonchev–Trinajstić information content (AvgIpc) is 2.23. The zero-order valence-corrected chi connectivity index (χ0v) is 9.59. The van der Waals surface area contributed by atoms with Crippen LogP contribution >= 0.6 is 12.4 Å². The highest BCUT2D eigenvalue weighted by Gasteiger charge is 2.12. The fourth-order valence-electron chi connectivity index (χ4n) is 2.06. The van der Waals surface area contributed by atoms with Crippen LogP contribution in [0.1, 0.15) is 18.4 Å². The van der Waals surface area contributed by atoms with Gasteiger partial charge < -0.3 is 10.4 Å². The number of phenolic OH excluding ortho intramolecular Hbond substituents is 1. The monoisotopic (exact) mass is 227 g/mol. The van der Waals surface area contributed by atoms with Crippen LogP contribution in [0.4, 0.5) is 0 Å². The van der Waals surface area contributed by atoms with Gasteiger partial charge in [0.15, 0.2) is 0 Å². The second-order valence-corrected chi connectivity index (χ2v) is 4.08. The maximum absolute atomic E-state index is 9.15. The topological polar surface area (TPSA) is 32.3 Å². The third-order valence-electron chi connectivity index (χ3n) is 2.86. The molecule has 0 saturated carbocycles. The molecule has 1 saturated heterocycles. The summed E-state index contributed by atoms with van der Waals surface area (Å²) in [6.07, 6.45) is 3.75. The molecule has 2 rings (SSSR count). The third kappa shape index (κ3) is 3.73. The van der Waals surface area contributed by atoms with Gasteiger partial charge in [0.05, 0.1) is 0 Å². The molecule has 1 aromatic carbocycles. The second-order valence-electron chi connectivity index (χ2n) is 4.08. The smallest absolute Gasteiger partial charge is 0.115 e. The lowest BCUT2D eigenvalue weighted by Crippen LogP contribution is -2.30. The zero-order chi connectivity index (χ0) is 9.80. The Kier molecular flexibility index (Phi) is 4.92. The summed E-state index contributed by atoms with van der Waals surface area (Å²) in [5.74, 6) is 1.13. The predicted molar refractivity (Wildman–Crippen MR) is 64.7 cm³/mol. The average molecular weight is 228 g/mol. The molecule has 0 aliphatic carbocycles. The van der Waals surface area contributed by atoms with E-state index in [0.29, 0.717) is 5.75 Å². The molecule has 0 bridgehead atoms. The Morgan fingerprint density at radius 2 is 2.00 bits per heavy atom. The van der Waals surface area contributed by atoms with Gasteiger partial charge in [-0.25, -0.2) is 0 Å². The minimum atomic E-state index is 0. The second kappa shape index (κ2) is 5.99. The van der Waals surface area contributed by atoms with Crippen molar-refractivity contribution in [1.82, 2.24) is 5.32 Å². The number of nitrogens with one attached hydrogen (secondary N) is 1. The van der Waals surface area contributed by atoms with E-state index in [-0.39, 0.29) is 12.4 Å². The van der Waals surface area contributed by atoms with E-state index in [1.807, 2.05) is 12.1 Å². The van der Waals surface area contributed by atoms with Gasteiger partial charge in [-0.1, -0.05) is 12.1 Å². The molecule has 1 aromatic rings. The van der Waals surface area contributed by atoms with E-state index in [1.54, 1.807) is 12.1 Å². The molecule has 1 atom stereocenters. The molecule has 1 fully saturated rings. The van der Waals surface area contributed by atoms with Crippen LogP contribution in [-0.2, 0) is 6.42 Å². The number of halogens is 1. The maximum Gasteiger partial charge on any atom is 0.115 e. The molecular weight excluding hydrogens is 210 g/mol. The molecule has 1 aliphatic heterocycles. The highest BCUT2D eigenvalue weighted by Crippen LogP contribution is 2.18. The highest BCUT2D eigenvalue weighted by molar-refractivity contribution is 5.85. The van der Waals surface area contributed by atoms with E-state index in [1.165, 1.54) is 24.9 Å². The summed E-state index contributed by atoms with van der Waals surface area (Å²) in [6, 6.07) is 7.57. The Morgan fingerprint density at radius 3 is 2.60 bits per heavy atom. The van der Waals surface area contributed by atoms with Gasteiger partial charge in [0.2, 0.25) is 0 Å². The molecule has 0 spiro atoms. The minimum absolute atomic E-state index is 0. The predicted octanol–water partition coefficient (Wildman–Crippen LogP) is 2.36. The first-order chi connectivity index (χ1) is 6.84. The number of piperidine rings is 1. The summed E-state index contributed by atoms with van der Waals surface area (Å²) >= 11 is 0. The number of hydrogen-bond acceptors (Lipinski definition) is 2. The summed E-state index contributed by atoms with van der Waals surface area (Å²) in [5.41, 5.74) is 1.33.